The second-order valence-corrected chi connectivity index (χ2v) is 6.77. The van der Waals surface area contributed by atoms with Gasteiger partial charge in [-0.1, -0.05) is 0 Å². The van der Waals surface area contributed by atoms with Crippen molar-refractivity contribution in [3.05, 3.63) is 35.4 Å². The monoisotopic (exact) mass is 378 g/mol. The molecule has 3 aromatic rings. The number of alkyl halides is 3. The first-order valence-electron chi connectivity index (χ1n) is 8.46. The van der Waals surface area contributed by atoms with Gasteiger partial charge in [-0.05, 0) is 25.8 Å². The Bertz CT molecular complexity index is 1030. The first kappa shape index (κ1) is 17.5. The van der Waals surface area contributed by atoms with E-state index in [-0.39, 0.29) is 5.69 Å². The van der Waals surface area contributed by atoms with Gasteiger partial charge in [-0.25, -0.2) is 4.98 Å². The van der Waals surface area contributed by atoms with E-state index in [9.17, 15) is 18.0 Å². The Labute approximate surface area is 152 Å². The average molecular weight is 378 g/mol. The molecule has 1 fully saturated rings. The summed E-state index contributed by atoms with van der Waals surface area (Å²) in [5.74, 6) is -0.0855. The van der Waals surface area contributed by atoms with Crippen LogP contribution in [-0.2, 0) is 13.6 Å². The molecule has 0 atom stereocenters. The van der Waals surface area contributed by atoms with Gasteiger partial charge in [0.2, 0.25) is 0 Å². The molecule has 3 aromatic heterocycles. The van der Waals surface area contributed by atoms with Crippen LogP contribution in [0.5, 0.6) is 0 Å². The number of rotatable bonds is 4. The van der Waals surface area contributed by atoms with Crippen LogP contribution in [0.25, 0.3) is 11.0 Å². The number of carbonyl (C=O) groups is 1. The molecule has 0 aliphatic heterocycles. The van der Waals surface area contributed by atoms with Crippen LogP contribution in [0, 0.1) is 6.92 Å². The molecule has 0 saturated heterocycles. The number of hydrogen-bond donors (Lipinski definition) is 1. The van der Waals surface area contributed by atoms with Gasteiger partial charge in [0.25, 0.3) is 5.91 Å². The van der Waals surface area contributed by atoms with Crippen molar-refractivity contribution in [2.24, 2.45) is 7.05 Å². The number of nitrogens with one attached hydrogen (secondary N) is 1. The second kappa shape index (κ2) is 6.07. The lowest BCUT2D eigenvalue weighted by Crippen LogP contribution is -2.18. The van der Waals surface area contributed by atoms with Gasteiger partial charge in [-0.15, -0.1) is 0 Å². The summed E-state index contributed by atoms with van der Waals surface area (Å²) in [4.78, 5) is 17.5. The lowest BCUT2D eigenvalue weighted by molar-refractivity contribution is -0.142. The Morgan fingerprint density at radius 3 is 2.78 bits per heavy atom. The summed E-state index contributed by atoms with van der Waals surface area (Å²) in [5.41, 5.74) is 2.73. The van der Waals surface area contributed by atoms with Gasteiger partial charge in [0.15, 0.2) is 5.65 Å². The third kappa shape index (κ3) is 3.51. The van der Waals surface area contributed by atoms with Crippen molar-refractivity contribution >= 4 is 22.6 Å². The molecule has 0 aromatic carbocycles. The van der Waals surface area contributed by atoms with Crippen LogP contribution >= 0.6 is 0 Å². The molecule has 1 saturated carbocycles. The standard InChI is InChI=1S/C17H17F3N6O/c1-9-14-12(5-13(10-3-4-10)23-15(14)25(2)24-9)16(27)22-11-6-21-26(7-11)8-17(18,19)20/h5-7,10H,3-4,8H2,1-2H3,(H,22,27). The Balaban J connectivity index is 1.66. The van der Waals surface area contributed by atoms with E-state index < -0.39 is 18.6 Å². The number of nitrogens with zero attached hydrogens (tertiary/aromatic N) is 5. The van der Waals surface area contributed by atoms with Crippen LogP contribution in [0.1, 0.15) is 40.5 Å². The van der Waals surface area contributed by atoms with Gasteiger partial charge in [-0.3, -0.25) is 14.2 Å². The van der Waals surface area contributed by atoms with Gasteiger partial charge in [0.05, 0.1) is 28.5 Å². The Morgan fingerprint density at radius 2 is 2.11 bits per heavy atom. The molecular weight excluding hydrogens is 361 g/mol. The fourth-order valence-corrected chi connectivity index (χ4v) is 3.13. The fourth-order valence-electron chi connectivity index (χ4n) is 3.13. The molecule has 27 heavy (non-hydrogen) atoms. The van der Waals surface area contributed by atoms with Gasteiger partial charge >= 0.3 is 6.18 Å². The molecule has 7 nitrogen and oxygen atoms in total. The summed E-state index contributed by atoms with van der Waals surface area (Å²) in [5, 5.41) is 11.2. The maximum Gasteiger partial charge on any atom is 0.408 e. The molecule has 0 unspecified atom stereocenters. The van der Waals surface area contributed by atoms with Crippen molar-refractivity contribution in [2.45, 2.75) is 38.4 Å². The van der Waals surface area contributed by atoms with Crippen LogP contribution in [0.2, 0.25) is 0 Å². The third-order valence-electron chi connectivity index (χ3n) is 4.46. The van der Waals surface area contributed by atoms with Gasteiger partial charge in [0.1, 0.15) is 6.54 Å². The van der Waals surface area contributed by atoms with Crippen LogP contribution < -0.4 is 5.32 Å². The lowest BCUT2D eigenvalue weighted by atomic mass is 10.1. The molecule has 1 aliphatic rings. The van der Waals surface area contributed by atoms with E-state index in [4.69, 9.17) is 0 Å². The number of amides is 1. The summed E-state index contributed by atoms with van der Waals surface area (Å²) in [6.07, 6.45) is 0.0272. The predicted octanol–water partition coefficient (Wildman–Crippen LogP) is 3.17. The van der Waals surface area contributed by atoms with Crippen LogP contribution in [0.4, 0.5) is 18.9 Å². The minimum Gasteiger partial charge on any atom is -0.319 e. The van der Waals surface area contributed by atoms with Crippen LogP contribution in [0.3, 0.4) is 0 Å². The van der Waals surface area contributed by atoms with Crippen molar-refractivity contribution < 1.29 is 18.0 Å². The number of halogens is 3. The minimum absolute atomic E-state index is 0.198. The van der Waals surface area contributed by atoms with E-state index in [1.54, 1.807) is 24.7 Å². The summed E-state index contributed by atoms with van der Waals surface area (Å²) >= 11 is 0. The van der Waals surface area contributed by atoms with Crippen LogP contribution in [-0.4, -0.2) is 36.6 Å². The number of aryl methyl sites for hydroxylation is 2. The summed E-state index contributed by atoms with van der Waals surface area (Å²) in [6.45, 7) is 0.578. The zero-order chi connectivity index (χ0) is 19.3. The van der Waals surface area contributed by atoms with Gasteiger partial charge < -0.3 is 5.32 Å². The van der Waals surface area contributed by atoms with E-state index in [1.165, 1.54) is 6.20 Å². The number of anilines is 1. The van der Waals surface area contributed by atoms with Crippen molar-refractivity contribution in [3.63, 3.8) is 0 Å². The average Bonchev–Trinajstić information content (AvgIpc) is 3.28. The highest BCUT2D eigenvalue weighted by Crippen LogP contribution is 2.40. The topological polar surface area (TPSA) is 77.6 Å². The van der Waals surface area contributed by atoms with Crippen molar-refractivity contribution in [1.29, 1.82) is 0 Å². The molecule has 10 heteroatoms. The molecule has 142 valence electrons. The predicted molar refractivity (Wildman–Crippen MR) is 91.5 cm³/mol. The quantitative estimate of drug-likeness (QED) is 0.757. The number of carbonyl (C=O) groups excluding carboxylic acids is 1. The van der Waals surface area contributed by atoms with E-state index in [0.717, 1.165) is 29.4 Å². The van der Waals surface area contributed by atoms with E-state index >= 15 is 0 Å². The molecule has 1 amide bonds. The smallest absolute Gasteiger partial charge is 0.319 e. The number of hydrogen-bond acceptors (Lipinski definition) is 4. The van der Waals surface area contributed by atoms with Crippen molar-refractivity contribution in [2.75, 3.05) is 5.32 Å². The Kier molecular flexibility index (Phi) is 3.93. The largest absolute Gasteiger partial charge is 0.408 e. The lowest BCUT2D eigenvalue weighted by Gasteiger charge is -2.08. The number of aromatic nitrogens is 5. The van der Waals surface area contributed by atoms with Crippen molar-refractivity contribution in [1.82, 2.24) is 24.5 Å². The zero-order valence-electron chi connectivity index (χ0n) is 14.7. The molecule has 0 spiro atoms. The number of pyridine rings is 1. The maximum atomic E-state index is 12.8. The van der Waals surface area contributed by atoms with E-state index in [1.807, 2.05) is 0 Å². The van der Waals surface area contributed by atoms with Gasteiger partial charge in [0, 0.05) is 24.9 Å². The minimum atomic E-state index is -4.38. The summed E-state index contributed by atoms with van der Waals surface area (Å²) in [6, 6.07) is 1.75. The molecule has 1 aliphatic carbocycles. The second-order valence-electron chi connectivity index (χ2n) is 6.77. The normalized spacial score (nSPS) is 14.7. The molecule has 0 bridgehead atoms. The molecule has 4 rings (SSSR count). The highest BCUT2D eigenvalue weighted by Gasteiger charge is 2.30. The zero-order valence-corrected chi connectivity index (χ0v) is 14.7. The summed E-state index contributed by atoms with van der Waals surface area (Å²) < 4.78 is 39.8. The first-order valence-corrected chi connectivity index (χ1v) is 8.46. The highest BCUT2D eigenvalue weighted by molar-refractivity contribution is 6.12. The third-order valence-corrected chi connectivity index (χ3v) is 4.46. The van der Waals surface area contributed by atoms with Gasteiger partial charge in [-0.2, -0.15) is 23.4 Å². The molecule has 1 N–H and O–H groups in total. The highest BCUT2D eigenvalue weighted by atomic mass is 19.4. The molecule has 3 heterocycles. The maximum absolute atomic E-state index is 12.8. The number of fused-ring (bicyclic) bond motifs is 1. The Hall–Kier alpha value is -2.91. The van der Waals surface area contributed by atoms with E-state index in [2.05, 4.69) is 20.5 Å². The van der Waals surface area contributed by atoms with Crippen molar-refractivity contribution in [3.8, 4) is 0 Å². The van der Waals surface area contributed by atoms with Crippen LogP contribution in [0.15, 0.2) is 18.5 Å². The van der Waals surface area contributed by atoms with E-state index in [0.29, 0.717) is 28.2 Å². The Morgan fingerprint density at radius 1 is 1.37 bits per heavy atom. The SMILES string of the molecule is Cc1nn(C)c2nc(C3CC3)cc(C(=O)Nc3cnn(CC(F)(F)F)c3)c12. The molecule has 0 radical (unpaired) electrons. The molecular formula is C17H17F3N6O. The first-order chi connectivity index (χ1) is 12.7. The summed E-state index contributed by atoms with van der Waals surface area (Å²) in [7, 11) is 1.77. The fraction of sp³-hybridized carbons (Fsp3) is 0.412.